The Kier molecular flexibility index (Phi) is 4.71. The van der Waals surface area contributed by atoms with Gasteiger partial charge in [-0.1, -0.05) is 0 Å². The normalized spacial score (nSPS) is 16.1. The summed E-state index contributed by atoms with van der Waals surface area (Å²) in [5, 5.41) is 9.36. The minimum Gasteiger partial charge on any atom is -0.383 e. The van der Waals surface area contributed by atoms with Crippen LogP contribution in [-0.4, -0.2) is 51.7 Å². The lowest BCUT2D eigenvalue weighted by Crippen LogP contribution is -2.38. The van der Waals surface area contributed by atoms with Crippen molar-refractivity contribution < 1.29 is 5.41 Å². The quantitative estimate of drug-likeness (QED) is 0.693. The molecule has 0 amide bonds. The van der Waals surface area contributed by atoms with E-state index in [1.807, 2.05) is 6.07 Å². The van der Waals surface area contributed by atoms with Gasteiger partial charge in [-0.3, -0.25) is 10.4 Å². The highest BCUT2D eigenvalue weighted by atomic mass is 15.1. The molecule has 0 unspecified atom stereocenters. The Morgan fingerprint density at radius 1 is 1.29 bits per heavy atom. The summed E-state index contributed by atoms with van der Waals surface area (Å²) in [5.41, 5.74) is 8.85. The first-order chi connectivity index (χ1) is 11.5. The first kappa shape index (κ1) is 16.3. The molecule has 1 aliphatic heterocycles. The van der Waals surface area contributed by atoms with E-state index < -0.39 is 0 Å². The van der Waals surface area contributed by atoms with Crippen molar-refractivity contribution in [2.75, 3.05) is 31.2 Å². The standard InChI is InChI=1S/C17H23N7/c1-11(18)14-7-12(8-21-17(14)19)15-9-20-10-16(23-15)22-13-3-5-24(2)6-4-13/h7-10,13,18H,3-6H2,1-2H3,(H2,19,21)(H,22,23)/p+1. The van der Waals surface area contributed by atoms with Gasteiger partial charge in [0.05, 0.1) is 23.7 Å². The fourth-order valence-electron chi connectivity index (χ4n) is 2.87. The van der Waals surface area contributed by atoms with Crippen molar-refractivity contribution in [1.82, 2.24) is 19.9 Å². The van der Waals surface area contributed by atoms with E-state index in [1.165, 1.54) is 0 Å². The van der Waals surface area contributed by atoms with Gasteiger partial charge in [0.25, 0.3) is 0 Å². The molecule has 0 saturated carbocycles. The second-order valence-electron chi connectivity index (χ2n) is 6.35. The van der Waals surface area contributed by atoms with Gasteiger partial charge < -0.3 is 16.0 Å². The van der Waals surface area contributed by atoms with Gasteiger partial charge in [-0.05, 0) is 39.0 Å². The van der Waals surface area contributed by atoms with E-state index in [4.69, 9.17) is 11.1 Å². The van der Waals surface area contributed by atoms with Crippen LogP contribution in [-0.2, 0) is 0 Å². The van der Waals surface area contributed by atoms with Crippen LogP contribution in [0.4, 0.5) is 11.6 Å². The van der Waals surface area contributed by atoms with E-state index in [1.54, 1.807) is 25.5 Å². The van der Waals surface area contributed by atoms with Crippen LogP contribution in [0.15, 0.2) is 24.7 Å². The SMILES string of the molecule is CC(=[NH2+])c1cc(-c2cncc(NC3CCN(C)CC3)n2)cnc1N. The number of nitrogen functional groups attached to an aromatic ring is 1. The van der Waals surface area contributed by atoms with Crippen molar-refractivity contribution in [3.8, 4) is 11.3 Å². The molecule has 0 atom stereocenters. The Labute approximate surface area is 141 Å². The molecule has 0 aromatic carbocycles. The van der Waals surface area contributed by atoms with E-state index in [2.05, 4.69) is 32.2 Å². The van der Waals surface area contributed by atoms with Gasteiger partial charge in [-0.2, -0.15) is 0 Å². The lowest BCUT2D eigenvalue weighted by molar-refractivity contribution is -0.113. The molecular weight excluding hydrogens is 302 g/mol. The van der Waals surface area contributed by atoms with Gasteiger partial charge in [0.2, 0.25) is 0 Å². The van der Waals surface area contributed by atoms with Crippen LogP contribution in [0.5, 0.6) is 0 Å². The summed E-state index contributed by atoms with van der Waals surface area (Å²) < 4.78 is 0. The second-order valence-corrected chi connectivity index (χ2v) is 6.35. The molecule has 2 aromatic rings. The van der Waals surface area contributed by atoms with Crippen LogP contribution >= 0.6 is 0 Å². The Morgan fingerprint density at radius 3 is 2.75 bits per heavy atom. The summed E-state index contributed by atoms with van der Waals surface area (Å²) in [6, 6.07) is 2.34. The molecule has 2 aromatic heterocycles. The monoisotopic (exact) mass is 326 g/mol. The molecule has 1 fully saturated rings. The van der Waals surface area contributed by atoms with Crippen molar-refractivity contribution >= 4 is 17.3 Å². The van der Waals surface area contributed by atoms with E-state index in [0.717, 1.165) is 48.6 Å². The lowest BCUT2D eigenvalue weighted by Gasteiger charge is -2.29. The average Bonchev–Trinajstić information content (AvgIpc) is 2.57. The molecule has 1 saturated heterocycles. The number of hydrogen-bond donors (Lipinski definition) is 3. The third kappa shape index (κ3) is 3.68. The van der Waals surface area contributed by atoms with E-state index >= 15 is 0 Å². The highest BCUT2D eigenvalue weighted by Gasteiger charge is 2.17. The van der Waals surface area contributed by atoms with Gasteiger partial charge in [0, 0.05) is 24.7 Å². The number of piperidine rings is 1. The molecule has 24 heavy (non-hydrogen) atoms. The first-order valence-electron chi connectivity index (χ1n) is 8.15. The molecular formula is C17H24N7+. The number of likely N-dealkylation sites (tertiary alicyclic amines) is 1. The Hall–Kier alpha value is -2.54. The van der Waals surface area contributed by atoms with Gasteiger partial charge in [-0.15, -0.1) is 0 Å². The summed E-state index contributed by atoms with van der Waals surface area (Å²) in [6.07, 6.45) is 7.40. The highest BCUT2D eigenvalue weighted by Crippen LogP contribution is 2.22. The van der Waals surface area contributed by atoms with Gasteiger partial charge in [0.15, 0.2) is 5.71 Å². The molecule has 0 aliphatic carbocycles. The van der Waals surface area contributed by atoms with Crippen LogP contribution in [0, 0.1) is 0 Å². The molecule has 1 aliphatic rings. The van der Waals surface area contributed by atoms with Crippen LogP contribution in [0.3, 0.4) is 0 Å². The first-order valence-corrected chi connectivity index (χ1v) is 8.15. The largest absolute Gasteiger partial charge is 0.383 e. The molecule has 0 bridgehead atoms. The number of nitrogens with one attached hydrogen (secondary N) is 1. The van der Waals surface area contributed by atoms with E-state index in [0.29, 0.717) is 17.6 Å². The summed E-state index contributed by atoms with van der Waals surface area (Å²) in [5.74, 6) is 1.21. The molecule has 0 spiro atoms. The highest BCUT2D eigenvalue weighted by molar-refractivity contribution is 5.99. The summed E-state index contributed by atoms with van der Waals surface area (Å²) >= 11 is 0. The maximum atomic E-state index is 5.87. The fourth-order valence-corrected chi connectivity index (χ4v) is 2.87. The van der Waals surface area contributed by atoms with E-state index in [9.17, 15) is 0 Å². The van der Waals surface area contributed by atoms with Crippen molar-refractivity contribution in [2.24, 2.45) is 0 Å². The zero-order valence-corrected chi connectivity index (χ0v) is 14.2. The van der Waals surface area contributed by atoms with Crippen molar-refractivity contribution in [1.29, 1.82) is 0 Å². The van der Waals surface area contributed by atoms with E-state index in [-0.39, 0.29) is 0 Å². The van der Waals surface area contributed by atoms with Crippen LogP contribution in [0.2, 0.25) is 0 Å². The number of aromatic nitrogens is 3. The minimum atomic E-state index is 0.423. The molecule has 3 heterocycles. The third-order valence-electron chi connectivity index (χ3n) is 4.34. The number of rotatable bonds is 4. The Bertz CT molecular complexity index is 735. The second kappa shape index (κ2) is 6.92. The number of nitrogens with two attached hydrogens (primary N) is 2. The van der Waals surface area contributed by atoms with Crippen LogP contribution in [0.1, 0.15) is 25.3 Å². The number of anilines is 2. The maximum Gasteiger partial charge on any atom is 0.180 e. The fraction of sp³-hybridized carbons (Fsp3) is 0.412. The minimum absolute atomic E-state index is 0.423. The lowest BCUT2D eigenvalue weighted by atomic mass is 10.1. The predicted octanol–water partition coefficient (Wildman–Crippen LogP) is 0.195. The number of nitrogens with zero attached hydrogens (tertiary/aromatic N) is 4. The van der Waals surface area contributed by atoms with Crippen LogP contribution < -0.4 is 16.5 Å². The number of pyridine rings is 1. The summed E-state index contributed by atoms with van der Waals surface area (Å²) in [7, 11) is 2.15. The number of hydrogen-bond acceptors (Lipinski definition) is 6. The molecule has 0 radical (unpaired) electrons. The molecule has 7 nitrogen and oxygen atoms in total. The average molecular weight is 326 g/mol. The molecule has 5 N–H and O–H groups in total. The van der Waals surface area contributed by atoms with Gasteiger partial charge >= 0.3 is 0 Å². The zero-order chi connectivity index (χ0) is 17.1. The molecule has 126 valence electrons. The molecule has 7 heteroatoms. The topological polar surface area (TPSA) is 106 Å². The van der Waals surface area contributed by atoms with Crippen molar-refractivity contribution in [3.63, 3.8) is 0 Å². The van der Waals surface area contributed by atoms with Crippen molar-refractivity contribution in [3.05, 3.63) is 30.2 Å². The van der Waals surface area contributed by atoms with Crippen molar-refractivity contribution in [2.45, 2.75) is 25.8 Å². The third-order valence-corrected chi connectivity index (χ3v) is 4.34. The summed E-state index contributed by atoms with van der Waals surface area (Å²) in [4.78, 5) is 15.5. The molecule has 3 rings (SSSR count). The Morgan fingerprint density at radius 2 is 2.04 bits per heavy atom. The Balaban J connectivity index is 1.80. The maximum absolute atomic E-state index is 5.87. The summed E-state index contributed by atoms with van der Waals surface area (Å²) in [6.45, 7) is 4.00. The van der Waals surface area contributed by atoms with Gasteiger partial charge in [-0.25, -0.2) is 9.97 Å². The zero-order valence-electron chi connectivity index (χ0n) is 14.2. The van der Waals surface area contributed by atoms with Gasteiger partial charge in [0.1, 0.15) is 11.6 Å². The van der Waals surface area contributed by atoms with Crippen LogP contribution in [0.25, 0.3) is 11.3 Å². The predicted molar refractivity (Wildman–Crippen MR) is 95.5 cm³/mol. The smallest absolute Gasteiger partial charge is 0.180 e.